The Morgan fingerprint density at radius 3 is 2.67 bits per heavy atom. The van der Waals surface area contributed by atoms with Crippen molar-refractivity contribution in [2.45, 2.75) is 39.7 Å². The van der Waals surface area contributed by atoms with E-state index in [1.807, 2.05) is 13.0 Å². The normalized spacial score (nSPS) is 10.2. The predicted molar refractivity (Wildman–Crippen MR) is 72.0 cm³/mol. The van der Waals surface area contributed by atoms with Crippen LogP contribution in [-0.2, 0) is 11.3 Å². The fourth-order valence-corrected chi connectivity index (χ4v) is 1.77. The molecule has 0 spiro atoms. The largest absolute Gasteiger partial charge is 0.341 e. The first-order valence-corrected chi connectivity index (χ1v) is 6.16. The zero-order valence-corrected chi connectivity index (χ0v) is 11.5. The Bertz CT molecular complexity index is 472. The average molecular weight is 244 g/mol. The van der Waals surface area contributed by atoms with E-state index in [-0.39, 0.29) is 12.3 Å². The standard InChI is InChI=1S/C15H20N2O/c1-11(2)13-6-5-12(3)14(9-13)10-17(4)15(18)7-8-16/h5-6,9,11H,7,10H2,1-4H3. The minimum Gasteiger partial charge on any atom is -0.341 e. The molecule has 0 fully saturated rings. The van der Waals surface area contributed by atoms with Crippen LogP contribution in [-0.4, -0.2) is 17.9 Å². The van der Waals surface area contributed by atoms with Gasteiger partial charge in [0.05, 0.1) is 6.07 Å². The van der Waals surface area contributed by atoms with Gasteiger partial charge in [-0.05, 0) is 29.5 Å². The minimum atomic E-state index is -0.133. The number of aryl methyl sites for hydroxylation is 1. The van der Waals surface area contributed by atoms with E-state index in [2.05, 4.69) is 32.0 Å². The van der Waals surface area contributed by atoms with Gasteiger partial charge in [0.15, 0.2) is 0 Å². The number of rotatable bonds is 4. The molecule has 0 unspecified atom stereocenters. The lowest BCUT2D eigenvalue weighted by Crippen LogP contribution is -2.25. The first-order valence-electron chi connectivity index (χ1n) is 6.16. The minimum absolute atomic E-state index is 0.0561. The van der Waals surface area contributed by atoms with Crippen molar-refractivity contribution in [3.8, 4) is 6.07 Å². The van der Waals surface area contributed by atoms with Crippen LogP contribution < -0.4 is 0 Å². The molecule has 96 valence electrons. The van der Waals surface area contributed by atoms with Crippen molar-refractivity contribution in [2.75, 3.05) is 7.05 Å². The molecule has 3 heteroatoms. The molecule has 0 aliphatic heterocycles. The highest BCUT2D eigenvalue weighted by molar-refractivity contribution is 5.77. The van der Waals surface area contributed by atoms with Crippen LogP contribution in [0.25, 0.3) is 0 Å². The second-order valence-corrected chi connectivity index (χ2v) is 4.93. The smallest absolute Gasteiger partial charge is 0.236 e. The average Bonchev–Trinajstić information content (AvgIpc) is 2.31. The van der Waals surface area contributed by atoms with Gasteiger partial charge in [0.25, 0.3) is 0 Å². The molecule has 1 rings (SSSR count). The Morgan fingerprint density at radius 2 is 2.11 bits per heavy atom. The lowest BCUT2D eigenvalue weighted by atomic mass is 9.97. The highest BCUT2D eigenvalue weighted by Gasteiger charge is 2.11. The molecule has 0 atom stereocenters. The molecule has 0 saturated heterocycles. The molecule has 1 aromatic carbocycles. The molecule has 18 heavy (non-hydrogen) atoms. The SMILES string of the molecule is Cc1ccc(C(C)C)cc1CN(C)C(=O)CC#N. The Hall–Kier alpha value is -1.82. The lowest BCUT2D eigenvalue weighted by molar-refractivity contribution is -0.129. The molecule has 1 aromatic rings. The van der Waals surface area contributed by atoms with Crippen LogP contribution in [0.15, 0.2) is 18.2 Å². The fraction of sp³-hybridized carbons (Fsp3) is 0.467. The van der Waals surface area contributed by atoms with Crippen molar-refractivity contribution in [1.29, 1.82) is 5.26 Å². The molecule has 0 aliphatic rings. The summed E-state index contributed by atoms with van der Waals surface area (Å²) in [7, 11) is 1.74. The van der Waals surface area contributed by atoms with Gasteiger partial charge in [-0.15, -0.1) is 0 Å². The molecule has 0 aromatic heterocycles. The second kappa shape index (κ2) is 6.20. The molecule has 0 bridgehead atoms. The third-order valence-corrected chi connectivity index (χ3v) is 3.10. The van der Waals surface area contributed by atoms with Gasteiger partial charge in [0.2, 0.25) is 5.91 Å². The third-order valence-electron chi connectivity index (χ3n) is 3.10. The quantitative estimate of drug-likeness (QED) is 0.817. The highest BCUT2D eigenvalue weighted by atomic mass is 16.2. The Morgan fingerprint density at radius 1 is 1.44 bits per heavy atom. The van der Waals surface area contributed by atoms with Crippen molar-refractivity contribution in [2.24, 2.45) is 0 Å². The van der Waals surface area contributed by atoms with E-state index in [1.54, 1.807) is 11.9 Å². The Kier molecular flexibility index (Phi) is 4.91. The van der Waals surface area contributed by atoms with E-state index in [0.717, 1.165) is 5.56 Å². The van der Waals surface area contributed by atoms with Gasteiger partial charge < -0.3 is 4.90 Å². The lowest BCUT2D eigenvalue weighted by Gasteiger charge is -2.18. The summed E-state index contributed by atoms with van der Waals surface area (Å²) in [6.45, 7) is 6.91. The summed E-state index contributed by atoms with van der Waals surface area (Å²) in [5.74, 6) is 0.344. The van der Waals surface area contributed by atoms with E-state index in [9.17, 15) is 4.79 Å². The van der Waals surface area contributed by atoms with E-state index >= 15 is 0 Å². The molecule has 1 amide bonds. The van der Waals surface area contributed by atoms with Crippen molar-refractivity contribution in [3.05, 3.63) is 34.9 Å². The summed E-state index contributed by atoms with van der Waals surface area (Å²) in [5, 5.41) is 8.53. The van der Waals surface area contributed by atoms with E-state index < -0.39 is 0 Å². The first-order chi connectivity index (χ1) is 8.45. The summed E-state index contributed by atoms with van der Waals surface area (Å²) in [6.07, 6.45) is -0.0561. The molecule has 0 aliphatic carbocycles. The van der Waals surface area contributed by atoms with Crippen LogP contribution in [0, 0.1) is 18.3 Å². The van der Waals surface area contributed by atoms with Crippen LogP contribution in [0.5, 0.6) is 0 Å². The van der Waals surface area contributed by atoms with Gasteiger partial charge in [-0.3, -0.25) is 4.79 Å². The number of hydrogen-bond donors (Lipinski definition) is 0. The molecule has 3 nitrogen and oxygen atoms in total. The van der Waals surface area contributed by atoms with Crippen molar-refractivity contribution in [1.82, 2.24) is 4.90 Å². The number of amides is 1. The molecule has 0 heterocycles. The van der Waals surface area contributed by atoms with E-state index in [1.165, 1.54) is 11.1 Å². The highest BCUT2D eigenvalue weighted by Crippen LogP contribution is 2.19. The third kappa shape index (κ3) is 3.59. The monoisotopic (exact) mass is 244 g/mol. The van der Waals surface area contributed by atoms with Gasteiger partial charge in [0, 0.05) is 13.6 Å². The molecule has 0 N–H and O–H groups in total. The number of carbonyl (C=O) groups excluding carboxylic acids is 1. The van der Waals surface area contributed by atoms with E-state index in [0.29, 0.717) is 12.5 Å². The van der Waals surface area contributed by atoms with Crippen molar-refractivity contribution < 1.29 is 4.79 Å². The number of hydrogen-bond acceptors (Lipinski definition) is 2. The summed E-state index contributed by atoms with van der Waals surface area (Å²) < 4.78 is 0. The number of benzene rings is 1. The van der Waals surface area contributed by atoms with E-state index in [4.69, 9.17) is 5.26 Å². The second-order valence-electron chi connectivity index (χ2n) is 4.93. The zero-order valence-electron chi connectivity index (χ0n) is 11.5. The Labute approximate surface area is 109 Å². The fourth-order valence-electron chi connectivity index (χ4n) is 1.77. The first kappa shape index (κ1) is 14.2. The summed E-state index contributed by atoms with van der Waals surface area (Å²) in [5.41, 5.74) is 3.60. The van der Waals surface area contributed by atoms with Gasteiger partial charge in [0.1, 0.15) is 6.42 Å². The van der Waals surface area contributed by atoms with Gasteiger partial charge in [-0.1, -0.05) is 32.0 Å². The summed E-state index contributed by atoms with van der Waals surface area (Å²) >= 11 is 0. The van der Waals surface area contributed by atoms with Gasteiger partial charge in [-0.2, -0.15) is 5.26 Å². The maximum atomic E-state index is 11.6. The van der Waals surface area contributed by atoms with Gasteiger partial charge >= 0.3 is 0 Å². The van der Waals surface area contributed by atoms with Crippen LogP contribution in [0.4, 0.5) is 0 Å². The summed E-state index contributed by atoms with van der Waals surface area (Å²) in [6, 6.07) is 8.25. The van der Waals surface area contributed by atoms with Crippen LogP contribution in [0.2, 0.25) is 0 Å². The maximum Gasteiger partial charge on any atom is 0.236 e. The molecule has 0 radical (unpaired) electrons. The molecule has 0 saturated carbocycles. The predicted octanol–water partition coefficient (Wildman–Crippen LogP) is 2.99. The van der Waals surface area contributed by atoms with Crippen LogP contribution in [0.1, 0.15) is 42.9 Å². The maximum absolute atomic E-state index is 11.6. The zero-order chi connectivity index (χ0) is 13.7. The topological polar surface area (TPSA) is 44.1 Å². The van der Waals surface area contributed by atoms with Crippen molar-refractivity contribution >= 4 is 5.91 Å². The number of nitriles is 1. The van der Waals surface area contributed by atoms with Crippen LogP contribution in [0.3, 0.4) is 0 Å². The van der Waals surface area contributed by atoms with Crippen LogP contribution >= 0.6 is 0 Å². The van der Waals surface area contributed by atoms with Crippen molar-refractivity contribution in [3.63, 3.8) is 0 Å². The molecular formula is C15H20N2O. The van der Waals surface area contributed by atoms with Gasteiger partial charge in [-0.25, -0.2) is 0 Å². The number of nitrogens with zero attached hydrogens (tertiary/aromatic N) is 2. The molecular weight excluding hydrogens is 224 g/mol. The number of carbonyl (C=O) groups is 1. The Balaban J connectivity index is 2.87. The summed E-state index contributed by atoms with van der Waals surface area (Å²) in [4.78, 5) is 13.2.